The van der Waals surface area contributed by atoms with Crippen LogP contribution in [-0.2, 0) is 42.1 Å². The Morgan fingerprint density at radius 2 is 0.879 bits per heavy atom. The van der Waals surface area contributed by atoms with Crippen LogP contribution < -0.4 is 0 Å². The first-order chi connectivity index (χ1) is 31.4. The number of aryl methyl sites for hydroxylation is 2. The first-order valence-electron chi connectivity index (χ1n) is 20.7. The van der Waals surface area contributed by atoms with E-state index < -0.39 is 0 Å². The van der Waals surface area contributed by atoms with Crippen LogP contribution in [0.1, 0.15) is 11.1 Å². The molecule has 0 saturated heterocycles. The summed E-state index contributed by atoms with van der Waals surface area (Å²) in [6.07, 6.45) is 8.65. The monoisotopic (exact) mass is 1220 g/mol. The van der Waals surface area contributed by atoms with Gasteiger partial charge < -0.3 is 10.2 Å². The number of aromatic hydroxyl groups is 2. The molecule has 0 aliphatic carbocycles. The summed E-state index contributed by atoms with van der Waals surface area (Å²) in [6, 6.07) is 52.1. The van der Waals surface area contributed by atoms with Gasteiger partial charge in [0.15, 0.2) is 0 Å². The van der Waals surface area contributed by atoms with Crippen LogP contribution in [0.4, 0.5) is 0 Å². The molecule has 326 valence electrons. The smallest absolute Gasteiger partial charge is 0.148 e. The number of phenols is 2. The first kappa shape index (κ1) is 43.8. The van der Waals surface area contributed by atoms with E-state index in [9.17, 15) is 10.2 Å². The third kappa shape index (κ3) is 7.93. The van der Waals surface area contributed by atoms with Crippen LogP contribution in [-0.4, -0.2) is 49.3 Å². The Kier molecular flexibility index (Phi) is 12.1. The van der Waals surface area contributed by atoms with Crippen LogP contribution in [0.25, 0.3) is 101 Å². The second-order valence-electron chi connectivity index (χ2n) is 15.6. The summed E-state index contributed by atoms with van der Waals surface area (Å²) in [5, 5.41) is 22.0. The topological polar surface area (TPSA) is 128 Å². The molecule has 0 atom stereocenters. The van der Waals surface area contributed by atoms with Gasteiger partial charge in [-0.25, -0.2) is 9.97 Å². The second-order valence-corrected chi connectivity index (χ2v) is 15.6. The molecule has 0 radical (unpaired) electrons. The second kappa shape index (κ2) is 18.2. The fourth-order valence-corrected chi connectivity index (χ4v) is 8.46. The van der Waals surface area contributed by atoms with Crippen LogP contribution in [0.2, 0.25) is 0 Å². The average molecular weight is 1220 g/mol. The van der Waals surface area contributed by atoms with Crippen molar-refractivity contribution in [3.05, 3.63) is 194 Å². The molecule has 0 aliphatic heterocycles. The molecule has 5 aromatic heterocycles. The number of nitrogens with zero attached hydrogens (tertiary/aromatic N) is 8. The van der Waals surface area contributed by atoms with Gasteiger partial charge in [-0.05, 0) is 60.7 Å². The summed E-state index contributed by atoms with van der Waals surface area (Å²) < 4.78 is 4.06. The summed E-state index contributed by atoms with van der Waals surface area (Å²) in [5.74, 6) is 1.48. The Morgan fingerprint density at radius 3 is 1.30 bits per heavy atom. The normalized spacial score (nSPS) is 11.1. The van der Waals surface area contributed by atoms with Gasteiger partial charge in [0.05, 0.1) is 63.3 Å². The molecule has 0 amide bonds. The number of aromatic nitrogens is 8. The van der Waals surface area contributed by atoms with Crippen molar-refractivity contribution in [1.82, 2.24) is 39.0 Å². The van der Waals surface area contributed by atoms with Crippen LogP contribution >= 0.6 is 0 Å². The van der Waals surface area contributed by atoms with Gasteiger partial charge in [-0.2, -0.15) is 0 Å². The van der Waals surface area contributed by atoms with Crippen molar-refractivity contribution < 1.29 is 52.3 Å². The van der Waals surface area contributed by atoms with Crippen molar-refractivity contribution in [2.75, 3.05) is 0 Å². The van der Waals surface area contributed by atoms with Crippen molar-refractivity contribution in [3.63, 3.8) is 0 Å². The van der Waals surface area contributed by atoms with E-state index in [0.29, 0.717) is 34.2 Å². The van der Waals surface area contributed by atoms with Crippen molar-refractivity contribution >= 4 is 22.1 Å². The van der Waals surface area contributed by atoms with Crippen molar-refractivity contribution in [1.29, 1.82) is 0 Å². The molecule has 10 nitrogen and oxygen atoms in total. The van der Waals surface area contributed by atoms with Gasteiger partial charge in [-0.15, -0.1) is 58.7 Å². The van der Waals surface area contributed by atoms with E-state index in [4.69, 9.17) is 19.9 Å². The molecule has 5 heterocycles. The minimum absolute atomic E-state index is 0. The van der Waals surface area contributed by atoms with Crippen LogP contribution in [0, 0.1) is 26.0 Å². The van der Waals surface area contributed by atoms with Gasteiger partial charge in [0, 0.05) is 65.9 Å². The number of phenolic OH excluding ortho intramolecular Hbond substituents is 2. The summed E-state index contributed by atoms with van der Waals surface area (Å²) >= 11 is 0. The van der Waals surface area contributed by atoms with E-state index in [-0.39, 0.29) is 53.6 Å². The zero-order valence-corrected chi connectivity index (χ0v) is 39.8. The zero-order chi connectivity index (χ0) is 43.3. The summed E-state index contributed by atoms with van der Waals surface area (Å²) in [7, 11) is 0. The molecular weight excluding hydrogens is 1180 g/mol. The molecule has 0 spiro atoms. The van der Waals surface area contributed by atoms with E-state index in [1.54, 1.807) is 55.4 Å². The largest absolute Gasteiger partial charge is 0.507 e. The zero-order valence-electron chi connectivity index (χ0n) is 35.3. The summed E-state index contributed by atoms with van der Waals surface area (Å²) in [4.78, 5) is 28.7. The van der Waals surface area contributed by atoms with Gasteiger partial charge in [-0.1, -0.05) is 90.7 Å². The maximum atomic E-state index is 11.0. The standard InChI is InChI=1S/C54H36N8O2.2Pt/c1-33-23-35(41-15-7-17-47-51(41)59-53(43-13-3-5-19-49(43)63)61(47)39-11-9-21-55-30-39)27-37(25-33)45-29-46(58-32-57-45)38-26-34(2)24-36(28-38)42-16-8-18-48-52(42)60-54(44-14-4-6-20-50(44)64)62(48)40-12-10-22-56-31-40;;/h3-26,29-32,63-64H,1-2H3;;/q-2;;. The average Bonchev–Trinajstić information content (AvgIpc) is 3.92. The van der Waals surface area contributed by atoms with Crippen molar-refractivity contribution in [2.24, 2.45) is 0 Å². The van der Waals surface area contributed by atoms with Gasteiger partial charge in [-0.3, -0.25) is 29.1 Å². The Balaban J connectivity index is 0.00000274. The van der Waals surface area contributed by atoms with Gasteiger partial charge in [0.25, 0.3) is 0 Å². The van der Waals surface area contributed by atoms with E-state index >= 15 is 0 Å². The minimum Gasteiger partial charge on any atom is -0.507 e. The molecule has 6 aromatic carbocycles. The molecule has 66 heavy (non-hydrogen) atoms. The molecule has 0 fully saturated rings. The number of para-hydroxylation sites is 4. The fourth-order valence-electron chi connectivity index (χ4n) is 8.46. The number of rotatable bonds is 8. The van der Waals surface area contributed by atoms with E-state index in [1.165, 1.54) is 0 Å². The maximum Gasteiger partial charge on any atom is 0.148 e. The van der Waals surface area contributed by atoms with Gasteiger partial charge in [0.1, 0.15) is 23.1 Å². The molecule has 0 unspecified atom stereocenters. The molecule has 0 saturated carbocycles. The number of pyridine rings is 2. The molecule has 11 rings (SSSR count). The number of hydrogen-bond acceptors (Lipinski definition) is 8. The van der Waals surface area contributed by atoms with E-state index in [1.807, 2.05) is 100 Å². The quantitative estimate of drug-likeness (QED) is 0.144. The van der Waals surface area contributed by atoms with Crippen molar-refractivity contribution in [2.45, 2.75) is 13.8 Å². The van der Waals surface area contributed by atoms with E-state index in [2.05, 4.69) is 60.2 Å². The third-order valence-electron chi connectivity index (χ3n) is 11.3. The number of imidazole rings is 2. The number of hydrogen-bond donors (Lipinski definition) is 2. The van der Waals surface area contributed by atoms with Gasteiger partial charge >= 0.3 is 0 Å². The summed E-state index contributed by atoms with van der Waals surface area (Å²) in [5.41, 5.74) is 14.7. The summed E-state index contributed by atoms with van der Waals surface area (Å²) in [6.45, 7) is 4.12. The minimum atomic E-state index is 0. The molecule has 2 N–H and O–H groups in total. The molecule has 11 aromatic rings. The maximum absolute atomic E-state index is 11.0. The molecule has 0 aliphatic rings. The van der Waals surface area contributed by atoms with E-state index in [0.717, 1.165) is 77.9 Å². The SMILES string of the molecule is Cc1cc(-c2cc(-c3[c-]c(-c4cccc5c4nc(-c4ccccc4O)n5-c4cccnc4)cc(C)c3)ncn2)[c-]c(-c2cccc3c2nc(-c2ccccc2O)n3-c2cccnc2)c1.[Pt].[Pt]. The Morgan fingerprint density at radius 1 is 0.455 bits per heavy atom. The number of fused-ring (bicyclic) bond motifs is 2. The Bertz CT molecular complexity index is 3340. The molecule has 0 bridgehead atoms. The Labute approximate surface area is 409 Å². The fraction of sp³-hybridized carbons (Fsp3) is 0.0370. The van der Waals surface area contributed by atoms with Crippen LogP contribution in [0.3, 0.4) is 0 Å². The molecule has 12 heteroatoms. The predicted octanol–water partition coefficient (Wildman–Crippen LogP) is 11.6. The predicted molar refractivity (Wildman–Crippen MR) is 250 cm³/mol. The number of benzene rings is 6. The third-order valence-corrected chi connectivity index (χ3v) is 11.3. The van der Waals surface area contributed by atoms with Crippen molar-refractivity contribution in [3.8, 4) is 90.4 Å². The molecular formula is C54H36N8O2Pt2-2. The van der Waals surface area contributed by atoms with Gasteiger partial charge in [0.2, 0.25) is 0 Å². The van der Waals surface area contributed by atoms with Crippen LogP contribution in [0.15, 0.2) is 171 Å². The first-order valence-corrected chi connectivity index (χ1v) is 20.7. The Hall–Kier alpha value is -7.38. The van der Waals surface area contributed by atoms with Crippen LogP contribution in [0.5, 0.6) is 11.5 Å².